The summed E-state index contributed by atoms with van der Waals surface area (Å²) in [5.41, 5.74) is 7.30. The summed E-state index contributed by atoms with van der Waals surface area (Å²) in [6, 6.07) is 7.43. The van der Waals surface area contributed by atoms with E-state index < -0.39 is 8.80 Å². The highest BCUT2D eigenvalue weighted by atomic mass is 28.3. The summed E-state index contributed by atoms with van der Waals surface area (Å²) in [4.78, 5) is 2.42. The van der Waals surface area contributed by atoms with Gasteiger partial charge in [0.1, 0.15) is 0 Å². The minimum Gasteiger partial charge on any atom is -0.370 e. The van der Waals surface area contributed by atoms with E-state index in [1.807, 2.05) is 0 Å². The lowest BCUT2D eigenvalue weighted by Crippen LogP contribution is -2.26. The van der Waals surface area contributed by atoms with Crippen LogP contribution in [-0.2, 0) is 0 Å². The van der Waals surface area contributed by atoms with E-state index in [0.717, 1.165) is 12.8 Å². The molecule has 1 aromatic rings. The molecule has 1 aromatic carbocycles. The van der Waals surface area contributed by atoms with Crippen LogP contribution in [0, 0.1) is 6.92 Å². The first-order valence-corrected chi connectivity index (χ1v) is 13.0. The van der Waals surface area contributed by atoms with Crippen LogP contribution >= 0.6 is 0 Å². The topological polar surface area (TPSA) is 3.24 Å². The van der Waals surface area contributed by atoms with E-state index in [2.05, 4.69) is 87.6 Å². The van der Waals surface area contributed by atoms with Gasteiger partial charge in [-0.3, -0.25) is 0 Å². The van der Waals surface area contributed by atoms with E-state index in [9.17, 15) is 0 Å². The van der Waals surface area contributed by atoms with Crippen molar-refractivity contribution in [3.8, 4) is 0 Å². The van der Waals surface area contributed by atoms with Gasteiger partial charge < -0.3 is 4.90 Å². The maximum atomic E-state index is 2.54. The van der Waals surface area contributed by atoms with Gasteiger partial charge in [-0.2, -0.15) is 0 Å². The summed E-state index contributed by atoms with van der Waals surface area (Å²) in [5.74, 6) is 0. The zero-order valence-electron chi connectivity index (χ0n) is 17.0. The van der Waals surface area contributed by atoms with E-state index in [4.69, 9.17) is 0 Å². The fourth-order valence-electron chi connectivity index (χ4n) is 4.16. The van der Waals surface area contributed by atoms with Crippen molar-refractivity contribution in [2.75, 3.05) is 7.05 Å². The molecular formula is C24H33NSi. The Morgan fingerprint density at radius 2 is 2.04 bits per heavy atom. The molecule has 0 spiro atoms. The van der Waals surface area contributed by atoms with Gasteiger partial charge in [0.15, 0.2) is 0 Å². The first kappa shape index (κ1) is 19.0. The van der Waals surface area contributed by atoms with Crippen LogP contribution in [0.15, 0.2) is 59.5 Å². The van der Waals surface area contributed by atoms with E-state index in [-0.39, 0.29) is 0 Å². The lowest BCUT2D eigenvalue weighted by molar-refractivity contribution is 0.383. The van der Waals surface area contributed by atoms with Crippen LogP contribution in [-0.4, -0.2) is 20.7 Å². The van der Waals surface area contributed by atoms with Gasteiger partial charge in [-0.05, 0) is 65.4 Å². The van der Waals surface area contributed by atoms with Crippen LogP contribution < -0.4 is 0 Å². The minimum atomic E-state index is -0.804. The maximum Gasteiger partial charge on any atom is 0.0726 e. The summed E-state index contributed by atoms with van der Waals surface area (Å²) in [5, 5.41) is 1.64. The first-order valence-electron chi connectivity index (χ1n) is 10.1. The molecule has 3 rings (SSSR count). The third kappa shape index (κ3) is 3.96. The van der Waals surface area contributed by atoms with Gasteiger partial charge >= 0.3 is 0 Å². The standard InChI is InChI=1S/C24H33NSi/c1-6-10-21-16-23(25(3)17-24(21)26(4)5)22-14-13-20(15-18(22)2)19-11-8-7-9-12-19/h7-8,11,13-17,23,26H,6,9-10,12H2,1-5H3. The van der Waals surface area contributed by atoms with E-state index in [1.165, 1.54) is 35.1 Å². The molecule has 0 saturated carbocycles. The van der Waals surface area contributed by atoms with Crippen molar-refractivity contribution in [2.24, 2.45) is 0 Å². The lowest BCUT2D eigenvalue weighted by atomic mass is 9.90. The molecule has 0 saturated heterocycles. The summed E-state index contributed by atoms with van der Waals surface area (Å²) in [6.07, 6.45) is 16.4. The average molecular weight is 364 g/mol. The third-order valence-corrected chi connectivity index (χ3v) is 7.39. The number of aryl methyl sites for hydroxylation is 1. The highest BCUT2D eigenvalue weighted by Crippen LogP contribution is 2.35. The number of hydrogen-bond donors (Lipinski definition) is 0. The normalized spacial score (nSPS) is 20.2. The molecule has 1 atom stereocenters. The van der Waals surface area contributed by atoms with Crippen LogP contribution in [0.4, 0.5) is 0 Å². The van der Waals surface area contributed by atoms with Gasteiger partial charge in [-0.1, -0.05) is 68.9 Å². The number of hydrogen-bond acceptors (Lipinski definition) is 1. The Morgan fingerprint density at radius 1 is 1.23 bits per heavy atom. The molecule has 0 fully saturated rings. The van der Waals surface area contributed by atoms with Gasteiger partial charge in [0.25, 0.3) is 0 Å². The van der Waals surface area contributed by atoms with Crippen LogP contribution in [0.2, 0.25) is 13.1 Å². The number of allylic oxidation sites excluding steroid dienone is 6. The van der Waals surface area contributed by atoms with Crippen LogP contribution in [0.5, 0.6) is 0 Å². The summed E-state index contributed by atoms with van der Waals surface area (Å²) >= 11 is 0. The zero-order chi connectivity index (χ0) is 18.7. The third-order valence-electron chi connectivity index (χ3n) is 5.63. The van der Waals surface area contributed by atoms with Gasteiger partial charge in [0.2, 0.25) is 0 Å². The second-order valence-corrected chi connectivity index (χ2v) is 11.0. The van der Waals surface area contributed by atoms with E-state index in [1.54, 1.807) is 10.8 Å². The molecule has 0 bridgehead atoms. The average Bonchev–Trinajstić information content (AvgIpc) is 2.64. The minimum absolute atomic E-state index is 0.363. The van der Waals surface area contributed by atoms with Gasteiger partial charge in [0.05, 0.1) is 14.8 Å². The monoisotopic (exact) mass is 363 g/mol. The van der Waals surface area contributed by atoms with Crippen molar-refractivity contribution >= 4 is 14.4 Å². The molecule has 0 amide bonds. The molecule has 26 heavy (non-hydrogen) atoms. The highest BCUT2D eigenvalue weighted by molar-refractivity contribution is 6.65. The van der Waals surface area contributed by atoms with E-state index in [0.29, 0.717) is 6.04 Å². The van der Waals surface area contributed by atoms with E-state index >= 15 is 0 Å². The zero-order valence-corrected chi connectivity index (χ0v) is 18.2. The predicted molar refractivity (Wildman–Crippen MR) is 118 cm³/mol. The Hall–Kier alpha value is -1.80. The molecule has 0 radical (unpaired) electrons. The summed E-state index contributed by atoms with van der Waals surface area (Å²) < 4.78 is 0. The molecule has 1 nitrogen and oxygen atoms in total. The Labute approximate surface area is 161 Å². The molecular weight excluding hydrogens is 330 g/mol. The Morgan fingerprint density at radius 3 is 2.65 bits per heavy atom. The second kappa shape index (κ2) is 8.26. The fraction of sp³-hybridized carbons (Fsp3) is 0.417. The van der Waals surface area contributed by atoms with Crippen LogP contribution in [0.1, 0.15) is 55.3 Å². The Bertz CT molecular complexity index is 779. The Balaban J connectivity index is 1.93. The SMILES string of the molecule is CCCC1=CC(c2ccc(C3=CC=CCC3)cc2C)N(C)C=C1[SiH](C)C. The number of nitrogens with zero attached hydrogens (tertiary/aromatic N) is 1. The number of rotatable bonds is 5. The van der Waals surface area contributed by atoms with Crippen molar-refractivity contribution in [2.45, 2.75) is 58.7 Å². The highest BCUT2D eigenvalue weighted by Gasteiger charge is 2.23. The molecule has 2 aliphatic rings. The summed E-state index contributed by atoms with van der Waals surface area (Å²) in [7, 11) is 1.43. The van der Waals surface area contributed by atoms with Crippen molar-refractivity contribution in [1.82, 2.24) is 4.90 Å². The Kier molecular flexibility index (Phi) is 6.03. The first-order chi connectivity index (χ1) is 12.5. The van der Waals surface area contributed by atoms with Crippen LogP contribution in [0.25, 0.3) is 5.57 Å². The van der Waals surface area contributed by atoms with Crippen molar-refractivity contribution < 1.29 is 0 Å². The molecule has 0 aromatic heterocycles. The molecule has 1 unspecified atom stereocenters. The van der Waals surface area contributed by atoms with Crippen LogP contribution in [0.3, 0.4) is 0 Å². The molecule has 138 valence electrons. The number of likely N-dealkylation sites (N-methyl/N-ethyl adjacent to an activating group) is 1. The molecule has 1 heterocycles. The fourth-order valence-corrected chi connectivity index (χ4v) is 5.68. The second-order valence-electron chi connectivity index (χ2n) is 8.02. The predicted octanol–water partition coefficient (Wildman–Crippen LogP) is 6.35. The molecule has 1 aliphatic heterocycles. The summed E-state index contributed by atoms with van der Waals surface area (Å²) in [6.45, 7) is 9.45. The maximum absolute atomic E-state index is 2.54. The lowest BCUT2D eigenvalue weighted by Gasteiger charge is -2.34. The smallest absolute Gasteiger partial charge is 0.0726 e. The van der Waals surface area contributed by atoms with Gasteiger partial charge in [0, 0.05) is 7.05 Å². The van der Waals surface area contributed by atoms with Crippen molar-refractivity contribution in [1.29, 1.82) is 0 Å². The molecule has 2 heteroatoms. The quantitative estimate of drug-likeness (QED) is 0.551. The molecule has 0 N–H and O–H groups in total. The van der Waals surface area contributed by atoms with Crippen molar-refractivity contribution in [3.05, 3.63) is 76.2 Å². The van der Waals surface area contributed by atoms with Gasteiger partial charge in [-0.25, -0.2) is 0 Å². The number of benzene rings is 1. The van der Waals surface area contributed by atoms with Gasteiger partial charge in [-0.15, -0.1) is 0 Å². The molecule has 1 aliphatic carbocycles. The van der Waals surface area contributed by atoms with Crippen molar-refractivity contribution in [3.63, 3.8) is 0 Å². The largest absolute Gasteiger partial charge is 0.370 e.